The highest BCUT2D eigenvalue weighted by Crippen LogP contribution is 2.20. The van der Waals surface area contributed by atoms with E-state index in [1.165, 1.54) is 16.4 Å². The van der Waals surface area contributed by atoms with Crippen molar-refractivity contribution in [3.05, 3.63) is 53.6 Å². The molecule has 2 rings (SSSR count). The van der Waals surface area contributed by atoms with Crippen molar-refractivity contribution >= 4 is 33.2 Å². The third kappa shape index (κ3) is 5.45. The normalized spacial score (nSPS) is 12.6. The van der Waals surface area contributed by atoms with Crippen LogP contribution in [0.25, 0.3) is 0 Å². The molecule has 0 radical (unpaired) electrons. The van der Waals surface area contributed by atoms with Gasteiger partial charge in [-0.25, -0.2) is 8.42 Å². The van der Waals surface area contributed by atoms with Crippen LogP contribution in [0.5, 0.6) is 5.75 Å². The van der Waals surface area contributed by atoms with Crippen molar-refractivity contribution in [1.29, 1.82) is 0 Å². The summed E-state index contributed by atoms with van der Waals surface area (Å²) in [6.07, 6.45) is -0.748. The van der Waals surface area contributed by atoms with E-state index in [4.69, 9.17) is 16.3 Å². The molecule has 0 aliphatic heterocycles. The van der Waals surface area contributed by atoms with Gasteiger partial charge in [0.15, 0.2) is 6.10 Å². The molecule has 146 valence electrons. The summed E-state index contributed by atoms with van der Waals surface area (Å²) in [7, 11) is -3.52. The van der Waals surface area contributed by atoms with Crippen LogP contribution in [0.1, 0.15) is 20.8 Å². The van der Waals surface area contributed by atoms with Crippen LogP contribution in [-0.2, 0) is 14.8 Å². The Kier molecular flexibility index (Phi) is 7.24. The summed E-state index contributed by atoms with van der Waals surface area (Å²) in [5.74, 6) is 0.139. The summed E-state index contributed by atoms with van der Waals surface area (Å²) in [4.78, 5) is 12.5. The van der Waals surface area contributed by atoms with Crippen molar-refractivity contribution in [3.8, 4) is 5.75 Å². The highest BCUT2D eigenvalue weighted by atomic mass is 35.5. The van der Waals surface area contributed by atoms with Crippen molar-refractivity contribution < 1.29 is 17.9 Å². The van der Waals surface area contributed by atoms with Gasteiger partial charge >= 0.3 is 0 Å². The number of sulfonamides is 1. The monoisotopic (exact) mass is 410 g/mol. The SMILES string of the molecule is CCN(CC)S(=O)(=O)c1ccc(NC(=O)[C@@H](C)Oc2cccc(Cl)c2)cc1. The molecule has 0 unspecified atom stereocenters. The van der Waals surface area contributed by atoms with E-state index in [0.717, 1.165) is 0 Å². The molecule has 6 nitrogen and oxygen atoms in total. The second-order valence-electron chi connectivity index (χ2n) is 5.82. The standard InChI is InChI=1S/C19H23ClN2O4S/c1-4-22(5-2)27(24,25)18-11-9-16(10-12-18)21-19(23)14(3)26-17-8-6-7-15(20)13-17/h6-14H,4-5H2,1-3H3,(H,21,23)/t14-/m1/s1. The lowest BCUT2D eigenvalue weighted by Gasteiger charge is -2.19. The predicted molar refractivity (Wildman–Crippen MR) is 107 cm³/mol. The summed E-state index contributed by atoms with van der Waals surface area (Å²) >= 11 is 5.90. The summed E-state index contributed by atoms with van der Waals surface area (Å²) in [5.41, 5.74) is 0.486. The number of amides is 1. The predicted octanol–water partition coefficient (Wildman–Crippen LogP) is 3.78. The van der Waals surface area contributed by atoms with Crippen LogP contribution >= 0.6 is 11.6 Å². The Labute approximate surface area is 165 Å². The molecule has 27 heavy (non-hydrogen) atoms. The first-order valence-electron chi connectivity index (χ1n) is 8.61. The molecule has 8 heteroatoms. The first-order valence-corrected chi connectivity index (χ1v) is 10.4. The molecule has 0 fully saturated rings. The van der Waals surface area contributed by atoms with E-state index < -0.39 is 16.1 Å². The van der Waals surface area contributed by atoms with Crippen molar-refractivity contribution in [2.24, 2.45) is 0 Å². The van der Waals surface area contributed by atoms with Crippen molar-refractivity contribution in [1.82, 2.24) is 4.31 Å². The maximum atomic E-state index is 12.5. The van der Waals surface area contributed by atoms with E-state index in [9.17, 15) is 13.2 Å². The molecule has 2 aromatic carbocycles. The quantitative estimate of drug-likeness (QED) is 0.718. The Balaban J connectivity index is 2.04. The van der Waals surface area contributed by atoms with Crippen LogP contribution in [0.2, 0.25) is 5.02 Å². The third-order valence-electron chi connectivity index (χ3n) is 3.94. The van der Waals surface area contributed by atoms with Gasteiger partial charge in [0, 0.05) is 23.8 Å². The Morgan fingerprint density at radius 2 is 1.78 bits per heavy atom. The van der Waals surface area contributed by atoms with E-state index >= 15 is 0 Å². The van der Waals surface area contributed by atoms with E-state index in [-0.39, 0.29) is 10.8 Å². The number of anilines is 1. The minimum absolute atomic E-state index is 0.187. The zero-order valence-corrected chi connectivity index (χ0v) is 17.0. The maximum Gasteiger partial charge on any atom is 0.265 e. The molecular formula is C19H23ClN2O4S. The zero-order chi connectivity index (χ0) is 20.0. The second-order valence-corrected chi connectivity index (χ2v) is 8.19. The molecular weight excluding hydrogens is 388 g/mol. The lowest BCUT2D eigenvalue weighted by atomic mass is 10.3. The molecule has 0 aliphatic carbocycles. The number of nitrogens with zero attached hydrogens (tertiary/aromatic N) is 1. The highest BCUT2D eigenvalue weighted by molar-refractivity contribution is 7.89. The van der Waals surface area contributed by atoms with Gasteiger partial charge in [0.1, 0.15) is 5.75 Å². The zero-order valence-electron chi connectivity index (χ0n) is 15.5. The first-order chi connectivity index (χ1) is 12.8. The maximum absolute atomic E-state index is 12.5. The molecule has 1 N–H and O–H groups in total. The molecule has 0 bridgehead atoms. The van der Waals surface area contributed by atoms with Crippen LogP contribution < -0.4 is 10.1 Å². The van der Waals surface area contributed by atoms with Gasteiger partial charge in [-0.15, -0.1) is 0 Å². The van der Waals surface area contributed by atoms with Gasteiger partial charge in [0.05, 0.1) is 4.90 Å². The number of hydrogen-bond donors (Lipinski definition) is 1. The number of carbonyl (C=O) groups excluding carboxylic acids is 1. The number of nitrogens with one attached hydrogen (secondary N) is 1. The highest BCUT2D eigenvalue weighted by Gasteiger charge is 2.21. The Hall–Kier alpha value is -2.09. The van der Waals surface area contributed by atoms with Gasteiger partial charge in [0.25, 0.3) is 5.91 Å². The fourth-order valence-electron chi connectivity index (χ4n) is 2.46. The van der Waals surface area contributed by atoms with Gasteiger partial charge in [-0.2, -0.15) is 4.31 Å². The fraction of sp³-hybridized carbons (Fsp3) is 0.316. The van der Waals surface area contributed by atoms with Crippen LogP contribution in [0.15, 0.2) is 53.4 Å². The fourth-order valence-corrected chi connectivity index (χ4v) is 4.10. The van der Waals surface area contributed by atoms with Gasteiger partial charge in [-0.1, -0.05) is 31.5 Å². The average Bonchev–Trinajstić information content (AvgIpc) is 2.63. The Bertz CT molecular complexity index is 881. The molecule has 0 aliphatic rings. The molecule has 1 atom stereocenters. The molecule has 0 spiro atoms. The minimum Gasteiger partial charge on any atom is -0.481 e. The van der Waals surface area contributed by atoms with Gasteiger partial charge in [0.2, 0.25) is 10.0 Å². The summed E-state index contributed by atoms with van der Waals surface area (Å²) in [6, 6.07) is 12.9. The van der Waals surface area contributed by atoms with Crippen LogP contribution in [-0.4, -0.2) is 37.8 Å². The van der Waals surface area contributed by atoms with Crippen LogP contribution in [0.3, 0.4) is 0 Å². The molecule has 0 heterocycles. The lowest BCUT2D eigenvalue weighted by Crippen LogP contribution is -2.31. The lowest BCUT2D eigenvalue weighted by molar-refractivity contribution is -0.122. The summed E-state index contributed by atoms with van der Waals surface area (Å²) < 4.78 is 31.9. The van der Waals surface area contributed by atoms with Crippen molar-refractivity contribution in [2.45, 2.75) is 31.8 Å². The third-order valence-corrected chi connectivity index (χ3v) is 6.24. The van der Waals surface area contributed by atoms with E-state index in [0.29, 0.717) is 29.5 Å². The second kappa shape index (κ2) is 9.21. The topological polar surface area (TPSA) is 75.7 Å². The number of rotatable bonds is 8. The Morgan fingerprint density at radius 3 is 2.33 bits per heavy atom. The number of hydrogen-bond acceptors (Lipinski definition) is 4. The Morgan fingerprint density at radius 1 is 1.15 bits per heavy atom. The first kappa shape index (κ1) is 21.2. The van der Waals surface area contributed by atoms with E-state index in [1.54, 1.807) is 57.2 Å². The molecule has 1 amide bonds. The largest absolute Gasteiger partial charge is 0.481 e. The van der Waals surface area contributed by atoms with E-state index in [2.05, 4.69) is 5.32 Å². The summed E-state index contributed by atoms with van der Waals surface area (Å²) in [6.45, 7) is 5.99. The van der Waals surface area contributed by atoms with Gasteiger partial charge < -0.3 is 10.1 Å². The summed E-state index contributed by atoms with van der Waals surface area (Å²) in [5, 5.41) is 3.23. The minimum atomic E-state index is -3.52. The van der Waals surface area contributed by atoms with Gasteiger partial charge in [-0.05, 0) is 49.4 Å². The van der Waals surface area contributed by atoms with E-state index in [1.807, 2.05) is 0 Å². The number of halogens is 1. The number of benzene rings is 2. The number of ether oxygens (including phenoxy) is 1. The van der Waals surface area contributed by atoms with Crippen molar-refractivity contribution in [3.63, 3.8) is 0 Å². The molecule has 2 aromatic rings. The van der Waals surface area contributed by atoms with Crippen molar-refractivity contribution in [2.75, 3.05) is 18.4 Å². The van der Waals surface area contributed by atoms with Gasteiger partial charge in [-0.3, -0.25) is 4.79 Å². The average molecular weight is 411 g/mol. The number of carbonyl (C=O) groups is 1. The van der Waals surface area contributed by atoms with Crippen LogP contribution in [0, 0.1) is 0 Å². The smallest absolute Gasteiger partial charge is 0.265 e. The molecule has 0 aromatic heterocycles. The molecule has 0 saturated carbocycles. The van der Waals surface area contributed by atoms with Crippen LogP contribution in [0.4, 0.5) is 5.69 Å². The molecule has 0 saturated heterocycles.